The van der Waals surface area contributed by atoms with Gasteiger partial charge in [0.05, 0.1) is 0 Å². The molecule has 0 N–H and O–H groups in total. The molecule has 0 spiro atoms. The average molecular weight is 1070 g/mol. The predicted octanol–water partition coefficient (Wildman–Crippen LogP) is 16.0. The van der Waals surface area contributed by atoms with E-state index in [0.717, 1.165) is 86.8 Å². The third kappa shape index (κ3) is 9.68. The summed E-state index contributed by atoms with van der Waals surface area (Å²) in [4.78, 5) is 0. The number of benzene rings is 4. The van der Waals surface area contributed by atoms with Gasteiger partial charge in [-0.25, -0.2) is 18.3 Å². The van der Waals surface area contributed by atoms with Gasteiger partial charge in [-0.1, -0.05) is 70.8 Å². The first-order valence-corrected chi connectivity index (χ1v) is 29.8. The molecule has 8 bridgehead atoms. The Kier molecular flexibility index (Phi) is 10.8. The molecule has 0 saturated heterocycles. The molecule has 0 amide bonds. The van der Waals surface area contributed by atoms with Crippen molar-refractivity contribution in [1.29, 1.82) is 0 Å². The first-order chi connectivity index (χ1) is 42.7. The topological polar surface area (TPSA) is 15.5 Å². The molecule has 0 radical (unpaired) electrons. The number of fused-ring (bicyclic) bond motifs is 10. The van der Waals surface area contributed by atoms with Crippen LogP contribution >= 0.6 is 0 Å². The molecule has 4 aromatic carbocycles. The number of hydrogen-bond donors (Lipinski definition) is 0. The molecule has 4 aromatic heterocycles. The van der Waals surface area contributed by atoms with E-state index in [1.54, 1.807) is 46.5 Å². The van der Waals surface area contributed by atoms with Crippen LogP contribution in [0.5, 0.6) is 0 Å². The van der Waals surface area contributed by atoms with E-state index in [9.17, 15) is 0 Å². The summed E-state index contributed by atoms with van der Waals surface area (Å²) in [6.45, 7) is 8.35. The third-order valence-corrected chi connectivity index (χ3v) is 19.7. The van der Waals surface area contributed by atoms with Gasteiger partial charge in [-0.2, -0.15) is 0 Å². The van der Waals surface area contributed by atoms with Crippen LogP contribution < -0.4 is 18.3 Å². The van der Waals surface area contributed by atoms with Crippen LogP contribution in [-0.4, -0.2) is 0 Å². The van der Waals surface area contributed by atoms with Crippen LogP contribution in [0.2, 0.25) is 0 Å². The minimum Gasteiger partial charge on any atom is -0.201 e. The highest BCUT2D eigenvalue weighted by molar-refractivity contribution is 5.66. The van der Waals surface area contributed by atoms with Gasteiger partial charge in [0.1, 0.15) is 28.2 Å². The summed E-state index contributed by atoms with van der Waals surface area (Å²) in [7, 11) is 8.22. The largest absolute Gasteiger partial charge is 0.212 e. The molecule has 4 nitrogen and oxygen atoms in total. The number of aromatic nitrogens is 4. The zero-order valence-corrected chi connectivity index (χ0v) is 49.0. The van der Waals surface area contributed by atoms with Gasteiger partial charge in [0.2, 0.25) is 22.8 Å². The van der Waals surface area contributed by atoms with Crippen molar-refractivity contribution >= 4 is 0 Å². The Balaban J connectivity index is 0.000000112. The minimum absolute atomic E-state index is 0.0707. The number of rotatable bonds is 4. The molecule has 408 valence electrons. The lowest BCUT2D eigenvalue weighted by atomic mass is 9.63. The fraction of sp³-hybridized carbons (Fsp3) is 0.421. The molecule has 4 atom stereocenters. The highest BCUT2D eigenvalue weighted by Crippen LogP contribution is 2.55. The fourth-order valence-corrected chi connectivity index (χ4v) is 15.4. The molecule has 4 unspecified atom stereocenters. The zero-order chi connectivity index (χ0) is 65.0. The average Bonchev–Trinajstić information content (AvgIpc) is 1.02. The summed E-state index contributed by atoms with van der Waals surface area (Å²) >= 11 is 0. The van der Waals surface area contributed by atoms with Gasteiger partial charge in [0, 0.05) is 83.9 Å². The van der Waals surface area contributed by atoms with Crippen molar-refractivity contribution in [3.63, 3.8) is 0 Å². The Bertz CT molecular complexity index is 4230. The van der Waals surface area contributed by atoms with Gasteiger partial charge in [-0.3, -0.25) is 0 Å². The van der Waals surface area contributed by atoms with Crippen molar-refractivity contribution < 1.29 is 33.3 Å². The Morgan fingerprint density at radius 3 is 1.35 bits per heavy atom. The van der Waals surface area contributed by atoms with E-state index >= 15 is 0 Å². The van der Waals surface area contributed by atoms with Crippen LogP contribution in [0.3, 0.4) is 0 Å². The van der Waals surface area contributed by atoms with Crippen LogP contribution in [0.4, 0.5) is 0 Å². The van der Waals surface area contributed by atoms with Crippen molar-refractivity contribution in [3.8, 4) is 45.0 Å². The fourth-order valence-electron chi connectivity index (χ4n) is 15.4. The summed E-state index contributed by atoms with van der Waals surface area (Å²) in [6, 6.07) is 32.9. The molecule has 4 saturated carbocycles. The van der Waals surface area contributed by atoms with Crippen LogP contribution in [0, 0.1) is 67.1 Å². The maximum Gasteiger partial charge on any atom is 0.212 e. The van der Waals surface area contributed by atoms with Crippen LogP contribution in [-0.2, 0) is 41.0 Å². The normalized spacial score (nSPS) is 28.9. The van der Waals surface area contributed by atoms with Crippen molar-refractivity contribution in [2.75, 3.05) is 0 Å². The summed E-state index contributed by atoms with van der Waals surface area (Å²) in [5.41, 5.74) is 26.9. The smallest absolute Gasteiger partial charge is 0.201 e. The second-order valence-electron chi connectivity index (χ2n) is 25.5. The Morgan fingerprint density at radius 2 is 0.812 bits per heavy atom. The first kappa shape index (κ1) is 41.5. The maximum atomic E-state index is 8.77. The quantitative estimate of drug-likeness (QED) is 0.156. The molecule has 4 heteroatoms. The van der Waals surface area contributed by atoms with E-state index in [0.29, 0.717) is 36.0 Å². The molecule has 18 rings (SSSR count). The molecule has 8 aromatic rings. The van der Waals surface area contributed by atoms with Gasteiger partial charge in [-0.15, -0.1) is 0 Å². The van der Waals surface area contributed by atoms with Gasteiger partial charge < -0.3 is 0 Å². The van der Waals surface area contributed by atoms with E-state index in [1.807, 2.05) is 67.7 Å². The van der Waals surface area contributed by atoms with Gasteiger partial charge in [0.25, 0.3) is 0 Å². The number of nitrogens with zero attached hydrogens (tertiary/aromatic N) is 4. The lowest BCUT2D eigenvalue weighted by Gasteiger charge is -2.41. The highest BCUT2D eigenvalue weighted by atomic mass is 14.9. The SMILES string of the molecule is Cc1ccc(-c2cc3c(c[n+]2C)C2CCC3C2)c(C)c1.Cc1ccc(-c2cc3c(c[n+]2C)CC2CC3C2)c(C)c1.[2H]C([2H])([2H])c1ccc(-c2cc3c(c[n+]2C)C([2H])([2H])C2CC3([2H])C2)c(C)c1.[2H]C([2H])([2H])c1ccc(-c2cc3c(c[n+]2C)C2([2H])CCC3([2H])C2)c(C)c1. The summed E-state index contributed by atoms with van der Waals surface area (Å²) < 4.78 is 97.1. The van der Waals surface area contributed by atoms with Crippen molar-refractivity contribution in [3.05, 3.63) is 211 Å². The molecule has 4 fully saturated rings. The lowest BCUT2D eigenvalue weighted by Crippen LogP contribution is -2.37. The Morgan fingerprint density at radius 1 is 0.375 bits per heavy atom. The van der Waals surface area contributed by atoms with Crippen LogP contribution in [0.25, 0.3) is 45.0 Å². The monoisotopic (exact) mass is 1070 g/mol. The van der Waals surface area contributed by atoms with Crippen LogP contribution in [0.15, 0.2) is 122 Å². The summed E-state index contributed by atoms with van der Waals surface area (Å²) in [6.07, 6.45) is 18.8. The van der Waals surface area contributed by atoms with E-state index in [2.05, 4.69) is 118 Å². The maximum absolute atomic E-state index is 8.77. The predicted molar refractivity (Wildman–Crippen MR) is 327 cm³/mol. The van der Waals surface area contributed by atoms with E-state index < -0.39 is 37.8 Å². The standard InChI is InChI=1S/4C19H22N/c2*1-12-4-7-16(13(2)8-12)19-10-17-14-5-6-15(9-14)18(17)11-20(19)3;2*1-12-4-5-17(13(2)6-12)19-10-18-15-7-14(8-15)9-16(18)11-20(19)3/h2*4,7-8,10-11,14-15H,5-6,9H2,1-3H3;2*4-6,10-11,14-15H,7-9H2,1-3H3/q4*+1/i1D3,14D,15D;;1D3,9D2,15D;. The van der Waals surface area contributed by atoms with Crippen molar-refractivity contribution in [2.45, 2.75) is 168 Å². The number of pyridine rings is 4. The van der Waals surface area contributed by atoms with Crippen molar-refractivity contribution in [1.82, 2.24) is 0 Å². The number of aryl methyl sites for hydroxylation is 12. The molecule has 0 aliphatic heterocycles. The molecule has 4 heterocycles. The van der Waals surface area contributed by atoms with E-state index in [1.165, 1.54) is 83.3 Å². The highest BCUT2D eigenvalue weighted by Gasteiger charge is 2.43. The molecular weight excluding hydrogens is 969 g/mol. The van der Waals surface area contributed by atoms with E-state index in [-0.39, 0.29) is 5.92 Å². The first-order valence-electron chi connectivity index (χ1n) is 35.3. The molecule has 80 heavy (non-hydrogen) atoms. The molecule has 10 aliphatic carbocycles. The second-order valence-corrected chi connectivity index (χ2v) is 25.5. The van der Waals surface area contributed by atoms with Gasteiger partial charge in [0.15, 0.2) is 24.8 Å². The van der Waals surface area contributed by atoms with Crippen molar-refractivity contribution in [2.24, 2.45) is 40.0 Å². The van der Waals surface area contributed by atoms with E-state index in [4.69, 9.17) is 15.1 Å². The lowest BCUT2D eigenvalue weighted by molar-refractivity contribution is -0.661. The van der Waals surface area contributed by atoms with Crippen LogP contribution in [0.1, 0.15) is 204 Å². The summed E-state index contributed by atoms with van der Waals surface area (Å²) in [5.74, 6) is 1.46. The van der Waals surface area contributed by atoms with Gasteiger partial charge >= 0.3 is 0 Å². The number of hydrogen-bond acceptors (Lipinski definition) is 0. The van der Waals surface area contributed by atoms with Gasteiger partial charge in [-0.05, 0) is 248 Å². The Labute approximate surface area is 495 Å². The minimum atomic E-state index is -2.14. The second kappa shape index (κ2) is 20.8. The molecular formula is C76H88N4+4. The Hall–Kier alpha value is -6.52. The summed E-state index contributed by atoms with van der Waals surface area (Å²) in [5, 5.41) is 0. The molecule has 10 aliphatic rings. The third-order valence-electron chi connectivity index (χ3n) is 19.7. The zero-order valence-electron chi connectivity index (χ0n) is 60.0.